The maximum absolute atomic E-state index is 14.3. The Morgan fingerprint density at radius 2 is 1.88 bits per heavy atom. The number of nitrogens with zero attached hydrogens (tertiary/aromatic N) is 5. The highest BCUT2D eigenvalue weighted by molar-refractivity contribution is 5.98. The van der Waals surface area contributed by atoms with E-state index in [0.29, 0.717) is 53.3 Å². The van der Waals surface area contributed by atoms with Gasteiger partial charge in [0.25, 0.3) is 5.91 Å². The van der Waals surface area contributed by atoms with Gasteiger partial charge in [-0.15, -0.1) is 0 Å². The lowest BCUT2D eigenvalue weighted by Crippen LogP contribution is -2.40. The number of anilines is 1. The van der Waals surface area contributed by atoms with Gasteiger partial charge in [0.2, 0.25) is 0 Å². The standard InChI is InChI=1S/C26H23F4N7O3/c27-20-17(4-1-5-18(20)26(28,29)30)24(38)32-11-14-6-8-15(9-7-14)21-19-22(31)33-13-34-23(19)37(35-21)16-3-2-10-36(12-16)25(39)40/h1,4-9,13,16H,2-3,10-12H2,(H,32,38)(H,39,40)(H2,31,33,34)/t16-/m1/s1. The monoisotopic (exact) mass is 557 g/mol. The van der Waals surface area contributed by atoms with E-state index in [-0.39, 0.29) is 24.9 Å². The van der Waals surface area contributed by atoms with Crippen molar-refractivity contribution in [2.24, 2.45) is 0 Å². The molecule has 10 nitrogen and oxygen atoms in total. The third-order valence-corrected chi connectivity index (χ3v) is 6.76. The van der Waals surface area contributed by atoms with Crippen molar-refractivity contribution in [3.8, 4) is 11.3 Å². The van der Waals surface area contributed by atoms with E-state index in [1.807, 2.05) is 0 Å². The van der Waals surface area contributed by atoms with Gasteiger partial charge in [0.05, 0.1) is 22.6 Å². The van der Waals surface area contributed by atoms with Gasteiger partial charge in [-0.25, -0.2) is 23.8 Å². The summed E-state index contributed by atoms with van der Waals surface area (Å²) in [5.74, 6) is -2.41. The van der Waals surface area contributed by atoms with Gasteiger partial charge in [0, 0.05) is 25.2 Å². The van der Waals surface area contributed by atoms with Crippen molar-refractivity contribution in [3.05, 3.63) is 71.3 Å². The number of benzene rings is 2. The summed E-state index contributed by atoms with van der Waals surface area (Å²) < 4.78 is 54.9. The summed E-state index contributed by atoms with van der Waals surface area (Å²) in [4.78, 5) is 33.7. The van der Waals surface area contributed by atoms with Crippen molar-refractivity contribution in [3.63, 3.8) is 0 Å². The zero-order valence-corrected chi connectivity index (χ0v) is 20.8. The first-order valence-electron chi connectivity index (χ1n) is 12.2. The van der Waals surface area contributed by atoms with Gasteiger partial charge in [0.15, 0.2) is 5.65 Å². The van der Waals surface area contributed by atoms with Gasteiger partial charge in [0.1, 0.15) is 23.7 Å². The summed E-state index contributed by atoms with van der Waals surface area (Å²) in [7, 11) is 0. The fraction of sp³-hybridized carbons (Fsp3) is 0.269. The third kappa shape index (κ3) is 5.11. The minimum Gasteiger partial charge on any atom is -0.465 e. The first-order chi connectivity index (χ1) is 19.0. The lowest BCUT2D eigenvalue weighted by molar-refractivity contribution is -0.140. The first-order valence-corrected chi connectivity index (χ1v) is 12.2. The molecule has 0 unspecified atom stereocenters. The van der Waals surface area contributed by atoms with Gasteiger partial charge in [-0.2, -0.15) is 18.3 Å². The summed E-state index contributed by atoms with van der Waals surface area (Å²) >= 11 is 0. The predicted molar refractivity (Wildman–Crippen MR) is 136 cm³/mol. The Balaban J connectivity index is 1.37. The molecule has 1 atom stereocenters. The second kappa shape index (κ2) is 10.4. The number of halogens is 4. The molecule has 0 radical (unpaired) electrons. The molecule has 1 fully saturated rings. The van der Waals surface area contributed by atoms with Crippen LogP contribution in [-0.2, 0) is 12.7 Å². The number of alkyl halides is 3. The molecule has 4 aromatic rings. The zero-order chi connectivity index (χ0) is 28.6. The van der Waals surface area contributed by atoms with Crippen LogP contribution in [0.3, 0.4) is 0 Å². The van der Waals surface area contributed by atoms with E-state index < -0.39 is 35.1 Å². The minimum atomic E-state index is -4.92. The lowest BCUT2D eigenvalue weighted by Gasteiger charge is -2.30. The van der Waals surface area contributed by atoms with Gasteiger partial charge >= 0.3 is 12.3 Å². The Morgan fingerprint density at radius 3 is 2.58 bits per heavy atom. The van der Waals surface area contributed by atoms with E-state index in [4.69, 9.17) is 10.8 Å². The molecule has 2 aromatic carbocycles. The van der Waals surface area contributed by atoms with Crippen LogP contribution in [0.4, 0.5) is 28.2 Å². The van der Waals surface area contributed by atoms with Crippen molar-refractivity contribution in [2.75, 3.05) is 18.8 Å². The van der Waals surface area contributed by atoms with E-state index >= 15 is 0 Å². The van der Waals surface area contributed by atoms with E-state index in [2.05, 4.69) is 15.3 Å². The molecule has 1 aliphatic heterocycles. The molecule has 0 aliphatic carbocycles. The predicted octanol–water partition coefficient (Wildman–Crippen LogP) is 4.48. The molecule has 0 bridgehead atoms. The maximum Gasteiger partial charge on any atom is 0.419 e. The van der Waals surface area contributed by atoms with E-state index in [1.165, 1.54) is 11.2 Å². The number of fused-ring (bicyclic) bond motifs is 1. The number of hydrogen-bond donors (Lipinski definition) is 3. The van der Waals surface area contributed by atoms with Crippen LogP contribution in [0.15, 0.2) is 48.8 Å². The maximum atomic E-state index is 14.3. The molecule has 1 saturated heterocycles. The van der Waals surface area contributed by atoms with E-state index in [1.54, 1.807) is 28.9 Å². The third-order valence-electron chi connectivity index (χ3n) is 6.76. The highest BCUT2D eigenvalue weighted by Crippen LogP contribution is 2.34. The number of likely N-dealkylation sites (tertiary alicyclic amines) is 1. The molecule has 0 spiro atoms. The molecule has 1 aliphatic rings. The SMILES string of the molecule is Nc1ncnc2c1c(-c1ccc(CNC(=O)c3cccc(C(F)(F)F)c3F)cc1)nn2[C@@H]1CCCN(C(=O)O)C1. The van der Waals surface area contributed by atoms with Crippen molar-refractivity contribution in [1.29, 1.82) is 0 Å². The molecule has 208 valence electrons. The van der Waals surface area contributed by atoms with E-state index in [9.17, 15) is 32.3 Å². The van der Waals surface area contributed by atoms with Gasteiger partial charge < -0.3 is 21.1 Å². The Labute approximate surface area is 224 Å². The topological polar surface area (TPSA) is 139 Å². The summed E-state index contributed by atoms with van der Waals surface area (Å²) in [6.07, 6.45) is -3.24. The Kier molecular flexibility index (Phi) is 7.00. The second-order valence-corrected chi connectivity index (χ2v) is 9.32. The molecule has 5 rings (SSSR count). The van der Waals surface area contributed by atoms with Crippen LogP contribution in [0, 0.1) is 5.82 Å². The Morgan fingerprint density at radius 1 is 1.12 bits per heavy atom. The van der Waals surface area contributed by atoms with Crippen LogP contribution < -0.4 is 11.1 Å². The van der Waals surface area contributed by atoms with Crippen LogP contribution in [0.5, 0.6) is 0 Å². The fourth-order valence-corrected chi connectivity index (χ4v) is 4.76. The first kappa shape index (κ1) is 26.8. The van der Waals surface area contributed by atoms with Crippen molar-refractivity contribution >= 4 is 28.9 Å². The number of hydrogen-bond acceptors (Lipinski definition) is 6. The lowest BCUT2D eigenvalue weighted by atomic mass is 10.1. The van der Waals surface area contributed by atoms with Crippen molar-refractivity contribution < 1.29 is 32.3 Å². The zero-order valence-electron chi connectivity index (χ0n) is 20.8. The molecular weight excluding hydrogens is 534 g/mol. The molecule has 2 amide bonds. The number of piperidine rings is 1. The molecular formula is C26H23F4N7O3. The van der Waals surface area contributed by atoms with Crippen molar-refractivity contribution in [2.45, 2.75) is 31.6 Å². The average molecular weight is 558 g/mol. The van der Waals surface area contributed by atoms with Crippen LogP contribution in [-0.4, -0.2) is 54.8 Å². The molecule has 14 heteroatoms. The Bertz CT molecular complexity index is 1590. The minimum absolute atomic E-state index is 0.0671. The van der Waals surface area contributed by atoms with Crippen LogP contribution in [0.25, 0.3) is 22.3 Å². The number of aromatic nitrogens is 4. The number of rotatable bonds is 5. The van der Waals surface area contributed by atoms with Gasteiger partial charge in [-0.3, -0.25) is 4.79 Å². The van der Waals surface area contributed by atoms with E-state index in [0.717, 1.165) is 12.1 Å². The van der Waals surface area contributed by atoms with Crippen molar-refractivity contribution in [1.82, 2.24) is 30.0 Å². The number of carbonyl (C=O) groups excluding carboxylic acids is 1. The highest BCUT2D eigenvalue weighted by Gasteiger charge is 2.35. The summed E-state index contributed by atoms with van der Waals surface area (Å²) in [5, 5.41) is 17.1. The summed E-state index contributed by atoms with van der Waals surface area (Å²) in [6, 6.07) is 9.07. The van der Waals surface area contributed by atoms with Crippen LogP contribution in [0.1, 0.15) is 40.4 Å². The average Bonchev–Trinajstić information content (AvgIpc) is 3.32. The molecule has 4 N–H and O–H groups in total. The summed E-state index contributed by atoms with van der Waals surface area (Å²) in [6.45, 7) is 0.621. The fourth-order valence-electron chi connectivity index (χ4n) is 4.76. The second-order valence-electron chi connectivity index (χ2n) is 9.32. The smallest absolute Gasteiger partial charge is 0.419 e. The molecule has 40 heavy (non-hydrogen) atoms. The number of amides is 2. The number of nitrogens with one attached hydrogen (secondary N) is 1. The normalized spacial score (nSPS) is 15.8. The Hall–Kier alpha value is -4.75. The van der Waals surface area contributed by atoms with Gasteiger partial charge in [-0.05, 0) is 30.5 Å². The largest absolute Gasteiger partial charge is 0.465 e. The summed E-state index contributed by atoms with van der Waals surface area (Å²) in [5.41, 5.74) is 6.16. The number of carboxylic acid groups (broad SMARTS) is 1. The number of carbonyl (C=O) groups is 2. The molecule has 0 saturated carbocycles. The van der Waals surface area contributed by atoms with Crippen LogP contribution >= 0.6 is 0 Å². The highest BCUT2D eigenvalue weighted by atomic mass is 19.4. The number of nitrogens with two attached hydrogens (primary N) is 1. The molecule has 2 aromatic heterocycles. The quantitative estimate of drug-likeness (QED) is 0.308. The van der Waals surface area contributed by atoms with Crippen LogP contribution in [0.2, 0.25) is 0 Å². The molecule has 3 heterocycles. The van der Waals surface area contributed by atoms with Gasteiger partial charge in [-0.1, -0.05) is 30.3 Å². The number of nitrogen functional groups attached to an aromatic ring is 1.